The Balaban J connectivity index is 0.00000288. The number of non-ortho nitro benzene ring substituents is 1. The SMILES string of the molecule is COC1CCN(S(=O)(=O)c2cc([N+](=O)[O-])ccc2C)C(CN)C1.Cl. The maximum atomic E-state index is 13.0. The van der Waals surface area contributed by atoms with Gasteiger partial charge in [-0.05, 0) is 25.3 Å². The molecule has 10 heteroatoms. The molecular weight excluding hydrogens is 358 g/mol. The van der Waals surface area contributed by atoms with E-state index in [0.29, 0.717) is 18.4 Å². The van der Waals surface area contributed by atoms with Gasteiger partial charge in [-0.25, -0.2) is 8.42 Å². The average Bonchev–Trinajstić information content (AvgIpc) is 2.54. The number of methoxy groups -OCH3 is 1. The summed E-state index contributed by atoms with van der Waals surface area (Å²) in [5, 5.41) is 10.9. The van der Waals surface area contributed by atoms with Crippen LogP contribution in [-0.4, -0.2) is 50.0 Å². The first-order valence-corrected chi connectivity index (χ1v) is 8.75. The predicted molar refractivity (Wildman–Crippen MR) is 91.8 cm³/mol. The third-order valence-electron chi connectivity index (χ3n) is 4.19. The highest BCUT2D eigenvalue weighted by atomic mass is 35.5. The molecular formula is C14H22ClN3O5S. The van der Waals surface area contributed by atoms with Crippen molar-refractivity contribution in [2.45, 2.75) is 36.8 Å². The molecule has 0 bridgehead atoms. The van der Waals surface area contributed by atoms with Crippen LogP contribution in [0.25, 0.3) is 0 Å². The predicted octanol–water partition coefficient (Wildman–Crippen LogP) is 1.45. The van der Waals surface area contributed by atoms with E-state index in [-0.39, 0.29) is 48.2 Å². The summed E-state index contributed by atoms with van der Waals surface area (Å²) < 4.78 is 32.5. The van der Waals surface area contributed by atoms with Crippen molar-refractivity contribution < 1.29 is 18.1 Å². The van der Waals surface area contributed by atoms with Gasteiger partial charge < -0.3 is 10.5 Å². The number of aryl methyl sites for hydroxylation is 1. The molecule has 1 aliphatic heterocycles. The molecule has 1 aromatic carbocycles. The first-order valence-electron chi connectivity index (χ1n) is 7.31. The molecule has 1 aromatic rings. The molecule has 24 heavy (non-hydrogen) atoms. The number of nitrogens with zero attached hydrogens (tertiary/aromatic N) is 2. The van der Waals surface area contributed by atoms with Crippen molar-refractivity contribution in [2.75, 3.05) is 20.2 Å². The van der Waals surface area contributed by atoms with E-state index in [1.807, 2.05) is 0 Å². The van der Waals surface area contributed by atoms with Gasteiger partial charge in [0.2, 0.25) is 10.0 Å². The molecule has 8 nitrogen and oxygen atoms in total. The smallest absolute Gasteiger partial charge is 0.270 e. The Morgan fingerprint density at radius 1 is 1.46 bits per heavy atom. The van der Waals surface area contributed by atoms with Crippen molar-refractivity contribution in [1.29, 1.82) is 0 Å². The minimum atomic E-state index is -3.85. The van der Waals surface area contributed by atoms with Gasteiger partial charge in [0.1, 0.15) is 0 Å². The normalized spacial score (nSPS) is 22.0. The van der Waals surface area contributed by atoms with E-state index in [2.05, 4.69) is 0 Å². The topological polar surface area (TPSA) is 116 Å². The third-order valence-corrected chi connectivity index (χ3v) is 6.28. The monoisotopic (exact) mass is 379 g/mol. The van der Waals surface area contributed by atoms with Crippen molar-refractivity contribution in [3.63, 3.8) is 0 Å². The van der Waals surface area contributed by atoms with Gasteiger partial charge in [0, 0.05) is 38.4 Å². The first-order chi connectivity index (χ1) is 10.8. The lowest BCUT2D eigenvalue weighted by molar-refractivity contribution is -0.385. The molecule has 0 radical (unpaired) electrons. The number of nitro benzene ring substituents is 1. The molecule has 0 aromatic heterocycles. The number of nitro groups is 1. The van der Waals surface area contributed by atoms with Gasteiger partial charge in [0.25, 0.3) is 5.69 Å². The molecule has 0 spiro atoms. The van der Waals surface area contributed by atoms with Gasteiger partial charge in [-0.2, -0.15) is 4.31 Å². The zero-order valence-electron chi connectivity index (χ0n) is 13.5. The quantitative estimate of drug-likeness (QED) is 0.611. The number of hydrogen-bond acceptors (Lipinski definition) is 6. The van der Waals surface area contributed by atoms with Gasteiger partial charge in [0.05, 0.1) is 15.9 Å². The van der Waals surface area contributed by atoms with Crippen LogP contribution in [0.3, 0.4) is 0 Å². The number of sulfonamides is 1. The fourth-order valence-electron chi connectivity index (χ4n) is 2.84. The lowest BCUT2D eigenvalue weighted by Gasteiger charge is -2.37. The number of ether oxygens (including phenoxy) is 1. The fraction of sp³-hybridized carbons (Fsp3) is 0.571. The molecule has 0 amide bonds. The molecule has 1 heterocycles. The van der Waals surface area contributed by atoms with E-state index >= 15 is 0 Å². The number of halogens is 1. The summed E-state index contributed by atoms with van der Waals surface area (Å²) in [7, 11) is -2.26. The summed E-state index contributed by atoms with van der Waals surface area (Å²) in [5.74, 6) is 0. The van der Waals surface area contributed by atoms with Crippen molar-refractivity contribution in [3.8, 4) is 0 Å². The molecule has 136 valence electrons. The van der Waals surface area contributed by atoms with Crippen LogP contribution in [0.2, 0.25) is 0 Å². The van der Waals surface area contributed by atoms with Crippen LogP contribution >= 0.6 is 12.4 Å². The summed E-state index contributed by atoms with van der Waals surface area (Å²) in [4.78, 5) is 10.3. The highest BCUT2D eigenvalue weighted by molar-refractivity contribution is 7.89. The van der Waals surface area contributed by atoms with Crippen molar-refractivity contribution in [1.82, 2.24) is 4.31 Å². The maximum Gasteiger partial charge on any atom is 0.270 e. The lowest BCUT2D eigenvalue weighted by Crippen LogP contribution is -2.51. The van der Waals surface area contributed by atoms with Crippen molar-refractivity contribution >= 4 is 28.1 Å². The molecule has 2 rings (SSSR count). The van der Waals surface area contributed by atoms with Gasteiger partial charge in [-0.3, -0.25) is 10.1 Å². The van der Waals surface area contributed by atoms with Gasteiger partial charge in [-0.1, -0.05) is 6.07 Å². The minimum Gasteiger partial charge on any atom is -0.381 e. The number of nitrogens with two attached hydrogens (primary N) is 1. The summed E-state index contributed by atoms with van der Waals surface area (Å²) in [6.45, 7) is 2.08. The van der Waals surface area contributed by atoms with Crippen LogP contribution in [0.5, 0.6) is 0 Å². The Kier molecular flexibility index (Phi) is 7.11. The number of piperidine rings is 1. The largest absolute Gasteiger partial charge is 0.381 e. The van der Waals surface area contributed by atoms with Crippen molar-refractivity contribution in [2.24, 2.45) is 5.73 Å². The third kappa shape index (κ3) is 4.04. The maximum absolute atomic E-state index is 13.0. The van der Waals surface area contributed by atoms with E-state index in [1.165, 1.54) is 16.4 Å². The second-order valence-corrected chi connectivity index (χ2v) is 7.45. The Labute approximate surface area is 147 Å². The standard InChI is InChI=1S/C14H21N3O5S.ClH/c1-10-3-4-11(17(18)19)8-14(10)23(20,21)16-6-5-13(22-2)7-12(16)9-15;/h3-4,8,12-13H,5-7,9,15H2,1-2H3;1H. The highest BCUT2D eigenvalue weighted by Crippen LogP contribution is 2.29. The summed E-state index contributed by atoms with van der Waals surface area (Å²) in [6, 6.07) is 3.48. The van der Waals surface area contributed by atoms with Crippen LogP contribution < -0.4 is 5.73 Å². The summed E-state index contributed by atoms with van der Waals surface area (Å²) in [6.07, 6.45) is 1.06. The molecule has 0 saturated carbocycles. The molecule has 2 N–H and O–H groups in total. The molecule has 2 atom stereocenters. The summed E-state index contributed by atoms with van der Waals surface area (Å²) >= 11 is 0. The number of benzene rings is 1. The van der Waals surface area contributed by atoms with Gasteiger partial charge in [0.15, 0.2) is 0 Å². The van der Waals surface area contributed by atoms with E-state index in [4.69, 9.17) is 10.5 Å². The molecule has 2 unspecified atom stereocenters. The minimum absolute atomic E-state index is 0. The van der Waals surface area contributed by atoms with E-state index in [0.717, 1.165) is 6.07 Å². The van der Waals surface area contributed by atoms with E-state index < -0.39 is 14.9 Å². The Bertz CT molecular complexity index is 698. The second kappa shape index (κ2) is 8.21. The number of rotatable bonds is 5. The van der Waals surface area contributed by atoms with Crippen LogP contribution in [-0.2, 0) is 14.8 Å². The molecule has 1 fully saturated rings. The van der Waals surface area contributed by atoms with E-state index in [9.17, 15) is 18.5 Å². The average molecular weight is 380 g/mol. The van der Waals surface area contributed by atoms with Crippen LogP contribution in [0.1, 0.15) is 18.4 Å². The van der Waals surface area contributed by atoms with E-state index in [1.54, 1.807) is 14.0 Å². The molecule has 0 aliphatic carbocycles. The fourth-order valence-corrected chi connectivity index (χ4v) is 4.75. The Morgan fingerprint density at radius 3 is 2.67 bits per heavy atom. The Hall–Kier alpha value is -1.26. The Morgan fingerprint density at radius 2 is 2.12 bits per heavy atom. The molecule has 1 saturated heterocycles. The van der Waals surface area contributed by atoms with Crippen molar-refractivity contribution in [3.05, 3.63) is 33.9 Å². The van der Waals surface area contributed by atoms with Crippen LogP contribution in [0, 0.1) is 17.0 Å². The first kappa shape index (κ1) is 20.8. The van der Waals surface area contributed by atoms with Gasteiger partial charge >= 0.3 is 0 Å². The van der Waals surface area contributed by atoms with Gasteiger partial charge in [-0.15, -0.1) is 12.4 Å². The summed E-state index contributed by atoms with van der Waals surface area (Å²) in [5.41, 5.74) is 5.96. The zero-order valence-corrected chi connectivity index (χ0v) is 15.2. The zero-order chi connectivity index (χ0) is 17.2. The van der Waals surface area contributed by atoms with Crippen LogP contribution in [0.4, 0.5) is 5.69 Å². The van der Waals surface area contributed by atoms with Crippen LogP contribution in [0.15, 0.2) is 23.1 Å². The number of hydrogen-bond donors (Lipinski definition) is 1. The lowest BCUT2D eigenvalue weighted by atomic mass is 10.0. The molecule has 1 aliphatic rings. The highest BCUT2D eigenvalue weighted by Gasteiger charge is 2.37. The second-order valence-electron chi connectivity index (χ2n) is 5.59.